The highest BCUT2D eigenvalue weighted by molar-refractivity contribution is 5.71. The van der Waals surface area contributed by atoms with Crippen molar-refractivity contribution in [3.63, 3.8) is 0 Å². The molecule has 0 unspecified atom stereocenters. The first-order valence-corrected chi connectivity index (χ1v) is 6.13. The maximum atomic E-state index is 4.42. The molecule has 0 amide bonds. The van der Waals surface area contributed by atoms with Gasteiger partial charge < -0.3 is 4.90 Å². The van der Waals surface area contributed by atoms with Crippen molar-refractivity contribution >= 4 is 17.2 Å². The minimum absolute atomic E-state index is 0.767. The lowest BCUT2D eigenvalue weighted by atomic mass is 10.2. The van der Waals surface area contributed by atoms with E-state index in [0.29, 0.717) is 0 Å². The van der Waals surface area contributed by atoms with E-state index in [1.54, 1.807) is 6.20 Å². The summed E-state index contributed by atoms with van der Waals surface area (Å²) in [5.74, 6) is 1.66. The van der Waals surface area contributed by atoms with Crippen LogP contribution in [0.2, 0.25) is 0 Å². The molecule has 0 aliphatic carbocycles. The summed E-state index contributed by atoms with van der Waals surface area (Å²) in [5.41, 5.74) is 3.08. The second-order valence-corrected chi connectivity index (χ2v) is 4.59. The van der Waals surface area contributed by atoms with Crippen molar-refractivity contribution in [2.75, 3.05) is 11.9 Å². The summed E-state index contributed by atoms with van der Waals surface area (Å²) in [6, 6.07) is 8.32. The quantitative estimate of drug-likeness (QED) is 0.704. The molecule has 2 heterocycles. The summed E-state index contributed by atoms with van der Waals surface area (Å²) in [7, 11) is 1.98. The number of nitrogens with zero attached hydrogens (tertiary/aromatic N) is 5. The molecule has 0 spiro atoms. The molecule has 0 saturated heterocycles. The van der Waals surface area contributed by atoms with E-state index in [9.17, 15) is 0 Å². The first-order valence-electron chi connectivity index (χ1n) is 6.13. The average molecular weight is 253 g/mol. The van der Waals surface area contributed by atoms with Crippen LogP contribution in [-0.2, 0) is 0 Å². The van der Waals surface area contributed by atoms with E-state index in [1.165, 1.54) is 5.56 Å². The highest BCUT2D eigenvalue weighted by atomic mass is 15.3. The number of hydrogen-bond donors (Lipinski definition) is 0. The summed E-state index contributed by atoms with van der Waals surface area (Å²) in [6.45, 7) is 4.00. The van der Waals surface area contributed by atoms with Crippen LogP contribution in [0, 0.1) is 13.8 Å². The van der Waals surface area contributed by atoms with Gasteiger partial charge in [0.15, 0.2) is 5.82 Å². The molecule has 5 nitrogen and oxygen atoms in total. The molecule has 5 heteroatoms. The van der Waals surface area contributed by atoms with Gasteiger partial charge in [0.2, 0.25) is 5.65 Å². The SMILES string of the molecule is Cc1ccc(N(C)c2nccn3c(C)nnc23)cc1. The van der Waals surface area contributed by atoms with E-state index in [1.807, 2.05) is 29.5 Å². The third-order valence-electron chi connectivity index (χ3n) is 3.22. The Morgan fingerprint density at radius 1 is 1.05 bits per heavy atom. The van der Waals surface area contributed by atoms with E-state index in [2.05, 4.69) is 46.4 Å². The zero-order valence-corrected chi connectivity index (χ0v) is 11.2. The lowest BCUT2D eigenvalue weighted by Gasteiger charge is -2.18. The highest BCUT2D eigenvalue weighted by Crippen LogP contribution is 2.24. The topological polar surface area (TPSA) is 46.3 Å². The van der Waals surface area contributed by atoms with Crippen LogP contribution in [0.15, 0.2) is 36.7 Å². The first-order chi connectivity index (χ1) is 9.16. The molecule has 0 N–H and O–H groups in total. The van der Waals surface area contributed by atoms with Gasteiger partial charge in [-0.3, -0.25) is 4.40 Å². The summed E-state index contributed by atoms with van der Waals surface area (Å²) >= 11 is 0. The molecule has 0 aliphatic rings. The van der Waals surface area contributed by atoms with Gasteiger partial charge in [0, 0.05) is 25.1 Å². The zero-order chi connectivity index (χ0) is 13.4. The molecular formula is C14H15N5. The van der Waals surface area contributed by atoms with E-state index >= 15 is 0 Å². The molecule has 0 fully saturated rings. The number of rotatable bonds is 2. The highest BCUT2D eigenvalue weighted by Gasteiger charge is 2.12. The minimum atomic E-state index is 0.767. The van der Waals surface area contributed by atoms with Gasteiger partial charge in [0.25, 0.3) is 0 Å². The van der Waals surface area contributed by atoms with Gasteiger partial charge >= 0.3 is 0 Å². The maximum absolute atomic E-state index is 4.42. The predicted octanol–water partition coefficient (Wildman–Crippen LogP) is 2.51. The molecule has 0 bridgehead atoms. The normalized spacial score (nSPS) is 10.9. The standard InChI is InChI=1S/C14H15N5/c1-10-4-6-12(7-5-10)18(3)13-14-17-16-11(2)19(14)9-8-15-13/h4-9H,1-3H3. The third-order valence-corrected chi connectivity index (χ3v) is 3.22. The lowest BCUT2D eigenvalue weighted by Crippen LogP contribution is -2.12. The Balaban J connectivity index is 2.11. The van der Waals surface area contributed by atoms with Gasteiger partial charge in [-0.15, -0.1) is 10.2 Å². The van der Waals surface area contributed by atoms with Crippen LogP contribution in [0.25, 0.3) is 5.65 Å². The molecule has 0 saturated carbocycles. The van der Waals surface area contributed by atoms with Gasteiger partial charge in [0.05, 0.1) is 0 Å². The number of aryl methyl sites for hydroxylation is 2. The summed E-state index contributed by atoms with van der Waals surface area (Å²) in [5, 5.41) is 8.28. The smallest absolute Gasteiger partial charge is 0.204 e. The van der Waals surface area contributed by atoms with Crippen molar-refractivity contribution < 1.29 is 0 Å². The molecular weight excluding hydrogens is 238 g/mol. The fourth-order valence-electron chi connectivity index (χ4n) is 2.06. The zero-order valence-electron chi connectivity index (χ0n) is 11.2. The van der Waals surface area contributed by atoms with Gasteiger partial charge in [-0.1, -0.05) is 17.7 Å². The number of benzene rings is 1. The number of fused-ring (bicyclic) bond motifs is 1. The van der Waals surface area contributed by atoms with Crippen molar-refractivity contribution in [2.24, 2.45) is 0 Å². The van der Waals surface area contributed by atoms with Gasteiger partial charge in [-0.05, 0) is 26.0 Å². The van der Waals surface area contributed by atoms with Crippen LogP contribution in [0.1, 0.15) is 11.4 Å². The first kappa shape index (κ1) is 11.6. The van der Waals surface area contributed by atoms with Crippen LogP contribution in [0.5, 0.6) is 0 Å². The maximum Gasteiger partial charge on any atom is 0.204 e. The summed E-state index contributed by atoms with van der Waals surface area (Å²) in [4.78, 5) is 6.44. The predicted molar refractivity (Wildman–Crippen MR) is 74.8 cm³/mol. The monoisotopic (exact) mass is 253 g/mol. The van der Waals surface area contributed by atoms with Crippen molar-refractivity contribution in [3.05, 3.63) is 48.0 Å². The van der Waals surface area contributed by atoms with Gasteiger partial charge in [-0.25, -0.2) is 4.98 Å². The second kappa shape index (κ2) is 4.35. The minimum Gasteiger partial charge on any atom is -0.326 e. The number of aromatic nitrogens is 4. The fourth-order valence-corrected chi connectivity index (χ4v) is 2.06. The second-order valence-electron chi connectivity index (χ2n) is 4.59. The molecule has 96 valence electrons. The van der Waals surface area contributed by atoms with Crippen LogP contribution < -0.4 is 4.90 Å². The van der Waals surface area contributed by atoms with Crippen molar-refractivity contribution in [3.8, 4) is 0 Å². The van der Waals surface area contributed by atoms with E-state index < -0.39 is 0 Å². The Hall–Kier alpha value is -2.43. The van der Waals surface area contributed by atoms with Crippen LogP contribution in [0.3, 0.4) is 0 Å². The Labute approximate surface area is 111 Å². The van der Waals surface area contributed by atoms with Crippen LogP contribution in [-0.4, -0.2) is 26.6 Å². The third kappa shape index (κ3) is 1.93. The number of anilines is 2. The Bertz CT molecular complexity index is 714. The van der Waals surface area contributed by atoms with Crippen molar-refractivity contribution in [1.82, 2.24) is 19.6 Å². The molecule has 0 aliphatic heterocycles. The summed E-state index contributed by atoms with van der Waals surface area (Å²) in [6.07, 6.45) is 3.64. The lowest BCUT2D eigenvalue weighted by molar-refractivity contribution is 0.998. The molecule has 3 rings (SSSR count). The average Bonchev–Trinajstić information content (AvgIpc) is 2.81. The van der Waals surface area contributed by atoms with Gasteiger partial charge in [-0.2, -0.15) is 0 Å². The van der Waals surface area contributed by atoms with Crippen LogP contribution >= 0.6 is 0 Å². The molecule has 3 aromatic rings. The summed E-state index contributed by atoms with van der Waals surface area (Å²) < 4.78 is 1.94. The largest absolute Gasteiger partial charge is 0.326 e. The van der Waals surface area contributed by atoms with Crippen molar-refractivity contribution in [2.45, 2.75) is 13.8 Å². The van der Waals surface area contributed by atoms with Crippen molar-refractivity contribution in [1.29, 1.82) is 0 Å². The van der Waals surface area contributed by atoms with E-state index in [0.717, 1.165) is 23.0 Å². The van der Waals surface area contributed by atoms with Gasteiger partial charge in [0.1, 0.15) is 5.82 Å². The molecule has 0 radical (unpaired) electrons. The number of hydrogen-bond acceptors (Lipinski definition) is 4. The fraction of sp³-hybridized carbons (Fsp3) is 0.214. The molecule has 2 aromatic heterocycles. The Kier molecular flexibility index (Phi) is 2.67. The molecule has 0 atom stereocenters. The van der Waals surface area contributed by atoms with Crippen LogP contribution in [0.4, 0.5) is 11.5 Å². The Morgan fingerprint density at radius 2 is 1.79 bits per heavy atom. The molecule has 1 aromatic carbocycles. The molecule has 19 heavy (non-hydrogen) atoms. The van der Waals surface area contributed by atoms with E-state index in [-0.39, 0.29) is 0 Å². The van der Waals surface area contributed by atoms with E-state index in [4.69, 9.17) is 0 Å². The Morgan fingerprint density at radius 3 is 2.53 bits per heavy atom.